The van der Waals surface area contributed by atoms with Crippen molar-refractivity contribution in [1.82, 2.24) is 9.88 Å². The number of anilines is 1. The minimum absolute atomic E-state index is 0. The van der Waals surface area contributed by atoms with E-state index in [4.69, 9.17) is 11.6 Å². The second-order valence-corrected chi connectivity index (χ2v) is 7.93. The molecule has 144 valence electrons. The first-order chi connectivity index (χ1) is 12.5. The molecule has 3 rings (SSSR count). The molecule has 3 aromatic rings. The number of rotatable bonds is 6. The van der Waals surface area contributed by atoms with Crippen molar-refractivity contribution in [3.05, 3.63) is 58.6 Å². The van der Waals surface area contributed by atoms with Gasteiger partial charge in [0.2, 0.25) is 0 Å². The van der Waals surface area contributed by atoms with Gasteiger partial charge in [-0.25, -0.2) is 4.98 Å². The topological polar surface area (TPSA) is 36.4 Å². The van der Waals surface area contributed by atoms with Crippen LogP contribution in [-0.4, -0.2) is 43.0 Å². The summed E-state index contributed by atoms with van der Waals surface area (Å²) in [6, 6.07) is 13.4. The Morgan fingerprint density at radius 1 is 1.11 bits per heavy atom. The average Bonchev–Trinajstić information content (AvgIpc) is 3.03. The Hall–Kier alpha value is -1.66. The standard InChI is InChI=1S/C20H22ClN3OS.ClH/c1-14-8-4-5-9-15(14)19(25)24(13-7-12-23(2)3)20-22-18-16(21)10-6-11-17(18)26-20;/h4-6,8-11H,7,12-13H2,1-3H3;1H. The Balaban J connectivity index is 0.00000261. The quantitative estimate of drug-likeness (QED) is 0.540. The van der Waals surface area contributed by atoms with Gasteiger partial charge in [0.15, 0.2) is 5.13 Å². The summed E-state index contributed by atoms with van der Waals surface area (Å²) < 4.78 is 0.989. The molecule has 2 aromatic carbocycles. The molecule has 0 aliphatic rings. The monoisotopic (exact) mass is 423 g/mol. The van der Waals surface area contributed by atoms with E-state index < -0.39 is 0 Å². The molecule has 0 unspecified atom stereocenters. The van der Waals surface area contributed by atoms with Gasteiger partial charge in [0.05, 0.1) is 9.72 Å². The van der Waals surface area contributed by atoms with Gasteiger partial charge in [0, 0.05) is 12.1 Å². The van der Waals surface area contributed by atoms with Crippen molar-refractivity contribution in [3.63, 3.8) is 0 Å². The summed E-state index contributed by atoms with van der Waals surface area (Å²) in [5.74, 6) is -0.0166. The summed E-state index contributed by atoms with van der Waals surface area (Å²) in [5, 5.41) is 1.31. The molecule has 1 aromatic heterocycles. The van der Waals surface area contributed by atoms with Crippen molar-refractivity contribution in [1.29, 1.82) is 0 Å². The van der Waals surface area contributed by atoms with Crippen LogP contribution in [0.4, 0.5) is 5.13 Å². The van der Waals surface area contributed by atoms with Gasteiger partial charge in [-0.3, -0.25) is 9.69 Å². The number of aryl methyl sites for hydroxylation is 1. The lowest BCUT2D eigenvalue weighted by Crippen LogP contribution is -2.33. The molecule has 0 saturated heterocycles. The summed E-state index contributed by atoms with van der Waals surface area (Å²) in [4.78, 5) is 21.8. The fourth-order valence-electron chi connectivity index (χ4n) is 2.81. The fourth-order valence-corrected chi connectivity index (χ4v) is 4.10. The van der Waals surface area contributed by atoms with Gasteiger partial charge < -0.3 is 4.90 Å². The zero-order chi connectivity index (χ0) is 18.7. The van der Waals surface area contributed by atoms with Crippen LogP contribution in [0.15, 0.2) is 42.5 Å². The average molecular weight is 424 g/mol. The number of amides is 1. The van der Waals surface area contributed by atoms with Gasteiger partial charge in [-0.1, -0.05) is 47.2 Å². The number of halogens is 2. The highest BCUT2D eigenvalue weighted by molar-refractivity contribution is 7.22. The zero-order valence-electron chi connectivity index (χ0n) is 15.6. The molecule has 0 spiro atoms. The van der Waals surface area contributed by atoms with Crippen LogP contribution in [0.3, 0.4) is 0 Å². The van der Waals surface area contributed by atoms with Crippen LogP contribution in [0.25, 0.3) is 10.2 Å². The molecule has 0 fully saturated rings. The normalized spacial score (nSPS) is 10.9. The highest BCUT2D eigenvalue weighted by Crippen LogP contribution is 2.33. The number of aromatic nitrogens is 1. The smallest absolute Gasteiger partial charge is 0.260 e. The Morgan fingerprint density at radius 2 is 1.85 bits per heavy atom. The van der Waals surface area contributed by atoms with E-state index in [2.05, 4.69) is 9.88 Å². The van der Waals surface area contributed by atoms with Gasteiger partial charge in [0.25, 0.3) is 5.91 Å². The van der Waals surface area contributed by atoms with Crippen LogP contribution >= 0.6 is 35.3 Å². The van der Waals surface area contributed by atoms with Crippen molar-refractivity contribution >= 4 is 56.6 Å². The number of benzene rings is 2. The Bertz CT molecular complexity index is 926. The summed E-state index contributed by atoms with van der Waals surface area (Å²) in [6.45, 7) is 3.48. The van der Waals surface area contributed by atoms with Gasteiger partial charge >= 0.3 is 0 Å². The Morgan fingerprint density at radius 3 is 2.52 bits per heavy atom. The minimum atomic E-state index is -0.0166. The molecule has 0 aliphatic heterocycles. The third kappa shape index (κ3) is 4.99. The maximum absolute atomic E-state index is 13.2. The van der Waals surface area contributed by atoms with Gasteiger partial charge in [-0.05, 0) is 57.7 Å². The van der Waals surface area contributed by atoms with Crippen molar-refractivity contribution < 1.29 is 4.79 Å². The summed E-state index contributed by atoms with van der Waals surface area (Å²) in [6.07, 6.45) is 0.869. The number of carbonyl (C=O) groups is 1. The molecular formula is C20H23Cl2N3OS. The van der Waals surface area contributed by atoms with Crippen LogP contribution in [0.5, 0.6) is 0 Å². The molecule has 0 radical (unpaired) electrons. The van der Waals surface area contributed by atoms with Crippen molar-refractivity contribution in [2.75, 3.05) is 32.1 Å². The molecule has 0 aliphatic carbocycles. The molecule has 7 heteroatoms. The number of thiazole rings is 1. The molecule has 0 bridgehead atoms. The molecule has 0 N–H and O–H groups in total. The number of fused-ring (bicyclic) bond motifs is 1. The van der Waals surface area contributed by atoms with E-state index in [0.717, 1.165) is 28.7 Å². The summed E-state index contributed by atoms with van der Waals surface area (Å²) >= 11 is 7.78. The molecule has 1 amide bonds. The van der Waals surface area contributed by atoms with Crippen LogP contribution in [0, 0.1) is 6.92 Å². The number of hydrogen-bond acceptors (Lipinski definition) is 4. The van der Waals surface area contributed by atoms with Gasteiger partial charge in [0.1, 0.15) is 5.52 Å². The van der Waals surface area contributed by atoms with E-state index in [9.17, 15) is 4.79 Å². The lowest BCUT2D eigenvalue weighted by molar-refractivity contribution is 0.0985. The van der Waals surface area contributed by atoms with Crippen LogP contribution in [-0.2, 0) is 0 Å². The van der Waals surface area contributed by atoms with E-state index in [1.807, 2.05) is 63.5 Å². The molecule has 1 heterocycles. The first-order valence-electron chi connectivity index (χ1n) is 8.54. The van der Waals surface area contributed by atoms with Gasteiger partial charge in [-0.2, -0.15) is 0 Å². The lowest BCUT2D eigenvalue weighted by atomic mass is 10.1. The molecule has 27 heavy (non-hydrogen) atoms. The van der Waals surface area contributed by atoms with Crippen LogP contribution in [0.1, 0.15) is 22.3 Å². The Labute approximate surface area is 175 Å². The first kappa shape index (κ1) is 21.6. The molecule has 4 nitrogen and oxygen atoms in total. The van der Waals surface area contributed by atoms with E-state index in [1.165, 1.54) is 11.3 Å². The largest absolute Gasteiger partial charge is 0.309 e. The van der Waals surface area contributed by atoms with Crippen LogP contribution in [0.2, 0.25) is 5.02 Å². The molecule has 0 atom stereocenters. The number of hydrogen-bond donors (Lipinski definition) is 0. The van der Waals surface area contributed by atoms with Crippen molar-refractivity contribution in [2.24, 2.45) is 0 Å². The van der Waals surface area contributed by atoms with E-state index >= 15 is 0 Å². The lowest BCUT2D eigenvalue weighted by Gasteiger charge is -2.21. The Kier molecular flexibility index (Phi) is 7.62. The minimum Gasteiger partial charge on any atom is -0.309 e. The van der Waals surface area contributed by atoms with E-state index in [0.29, 0.717) is 22.3 Å². The molecular weight excluding hydrogens is 401 g/mol. The number of carbonyl (C=O) groups excluding carboxylic acids is 1. The predicted molar refractivity (Wildman–Crippen MR) is 118 cm³/mol. The second kappa shape index (κ2) is 9.51. The third-order valence-corrected chi connectivity index (χ3v) is 5.55. The van der Waals surface area contributed by atoms with Gasteiger partial charge in [-0.15, -0.1) is 12.4 Å². The van der Waals surface area contributed by atoms with Crippen LogP contribution < -0.4 is 4.90 Å². The molecule has 0 saturated carbocycles. The number of para-hydroxylation sites is 1. The first-order valence-corrected chi connectivity index (χ1v) is 9.74. The maximum Gasteiger partial charge on any atom is 0.260 e. The summed E-state index contributed by atoms with van der Waals surface area (Å²) in [7, 11) is 4.07. The third-order valence-electron chi connectivity index (χ3n) is 4.20. The second-order valence-electron chi connectivity index (χ2n) is 6.51. The SMILES string of the molecule is Cc1ccccc1C(=O)N(CCCN(C)C)c1nc2c(Cl)cccc2s1.Cl. The van der Waals surface area contributed by atoms with Crippen molar-refractivity contribution in [2.45, 2.75) is 13.3 Å². The summed E-state index contributed by atoms with van der Waals surface area (Å²) in [5.41, 5.74) is 2.43. The van der Waals surface area contributed by atoms with E-state index in [1.54, 1.807) is 4.90 Å². The fraction of sp³-hybridized carbons (Fsp3) is 0.300. The highest BCUT2D eigenvalue weighted by atomic mass is 35.5. The maximum atomic E-state index is 13.2. The predicted octanol–water partition coefficient (Wildman–Crippen LogP) is 5.28. The van der Waals surface area contributed by atoms with Crippen molar-refractivity contribution in [3.8, 4) is 0 Å². The highest BCUT2D eigenvalue weighted by Gasteiger charge is 2.22. The number of nitrogens with zero attached hydrogens (tertiary/aromatic N) is 3. The zero-order valence-corrected chi connectivity index (χ0v) is 18.0. The van der Waals surface area contributed by atoms with E-state index in [-0.39, 0.29) is 18.3 Å².